The molecule has 27 heavy (non-hydrogen) atoms. The van der Waals surface area contributed by atoms with Gasteiger partial charge in [-0.2, -0.15) is 9.61 Å². The van der Waals surface area contributed by atoms with Gasteiger partial charge < -0.3 is 10.5 Å². The average Bonchev–Trinajstić information content (AvgIpc) is 3.02. The molecular weight excluding hydrogens is 352 g/mol. The van der Waals surface area contributed by atoms with Crippen LogP contribution in [0.25, 0.3) is 16.9 Å². The first-order valence-electron chi connectivity index (χ1n) is 8.17. The molecule has 0 fully saturated rings. The van der Waals surface area contributed by atoms with Crippen molar-refractivity contribution in [3.05, 3.63) is 71.6 Å². The minimum Gasteiger partial charge on any atom is -0.488 e. The molecule has 8 heteroatoms. The highest BCUT2D eigenvalue weighted by molar-refractivity contribution is 5.71. The Morgan fingerprint density at radius 2 is 1.89 bits per heavy atom. The second kappa shape index (κ2) is 6.64. The molecule has 0 saturated heterocycles. The van der Waals surface area contributed by atoms with Gasteiger partial charge in [0.15, 0.2) is 11.5 Å². The van der Waals surface area contributed by atoms with Crippen LogP contribution >= 0.6 is 0 Å². The molecule has 0 aliphatic carbocycles. The minimum atomic E-state index is -0.661. The maximum atomic E-state index is 13.9. The number of hydrogen-bond donors (Lipinski definition) is 1. The Bertz CT molecular complexity index is 1140. The Hall–Kier alpha value is -3.55. The summed E-state index contributed by atoms with van der Waals surface area (Å²) < 4.78 is 34.3. The van der Waals surface area contributed by atoms with E-state index in [0.717, 1.165) is 6.07 Å². The number of halogens is 2. The lowest BCUT2D eigenvalue weighted by atomic mass is 10.1. The quantitative estimate of drug-likeness (QED) is 0.558. The van der Waals surface area contributed by atoms with E-state index in [4.69, 9.17) is 10.5 Å². The number of aryl methyl sites for hydroxylation is 1. The van der Waals surface area contributed by atoms with Crippen LogP contribution in [0, 0.1) is 18.6 Å². The van der Waals surface area contributed by atoms with Crippen LogP contribution in [0.15, 0.2) is 48.5 Å². The standard InChI is InChI=1S/C19H15F2N5O/c1-11-23-24-19-7-5-17(25-26(11)19)15-9-14(22)4-6-18(15)27-10-12-2-3-13(20)8-16(12)21/h2-9H,10,22H2,1H3. The van der Waals surface area contributed by atoms with Crippen LogP contribution in [-0.4, -0.2) is 19.8 Å². The van der Waals surface area contributed by atoms with Crippen molar-refractivity contribution in [2.75, 3.05) is 5.73 Å². The molecule has 2 N–H and O–H groups in total. The zero-order valence-electron chi connectivity index (χ0n) is 14.4. The van der Waals surface area contributed by atoms with Crippen LogP contribution < -0.4 is 10.5 Å². The molecule has 0 amide bonds. The number of fused-ring (bicyclic) bond motifs is 1. The van der Waals surface area contributed by atoms with Gasteiger partial charge in [0, 0.05) is 22.9 Å². The Labute approximate surface area is 153 Å². The van der Waals surface area contributed by atoms with E-state index < -0.39 is 11.6 Å². The second-order valence-corrected chi connectivity index (χ2v) is 6.02. The van der Waals surface area contributed by atoms with E-state index >= 15 is 0 Å². The molecule has 4 rings (SSSR count). The number of anilines is 1. The normalized spacial score (nSPS) is 11.1. The summed E-state index contributed by atoms with van der Waals surface area (Å²) in [6.07, 6.45) is 0. The largest absolute Gasteiger partial charge is 0.488 e. The average molecular weight is 367 g/mol. The predicted octanol–water partition coefficient (Wildman–Crippen LogP) is 3.54. The maximum Gasteiger partial charge on any atom is 0.177 e. The fraction of sp³-hybridized carbons (Fsp3) is 0.105. The lowest BCUT2D eigenvalue weighted by Crippen LogP contribution is -2.02. The smallest absolute Gasteiger partial charge is 0.177 e. The van der Waals surface area contributed by atoms with Gasteiger partial charge in [-0.3, -0.25) is 0 Å². The van der Waals surface area contributed by atoms with Crippen molar-refractivity contribution < 1.29 is 13.5 Å². The van der Waals surface area contributed by atoms with E-state index in [9.17, 15) is 8.78 Å². The first-order valence-corrected chi connectivity index (χ1v) is 8.17. The third-order valence-corrected chi connectivity index (χ3v) is 4.10. The first kappa shape index (κ1) is 16.9. The molecule has 2 heterocycles. The number of nitrogens with two attached hydrogens (primary N) is 1. The maximum absolute atomic E-state index is 13.9. The van der Waals surface area contributed by atoms with Gasteiger partial charge in [-0.25, -0.2) is 8.78 Å². The highest BCUT2D eigenvalue weighted by atomic mass is 19.1. The molecule has 0 spiro atoms. The topological polar surface area (TPSA) is 78.3 Å². The van der Waals surface area contributed by atoms with Crippen molar-refractivity contribution in [2.24, 2.45) is 0 Å². The third kappa shape index (κ3) is 3.29. The van der Waals surface area contributed by atoms with E-state index in [1.54, 1.807) is 41.8 Å². The monoisotopic (exact) mass is 367 g/mol. The Kier molecular flexibility index (Phi) is 4.15. The molecule has 0 radical (unpaired) electrons. The summed E-state index contributed by atoms with van der Waals surface area (Å²) in [6, 6.07) is 12.0. The lowest BCUT2D eigenvalue weighted by molar-refractivity contribution is 0.300. The summed E-state index contributed by atoms with van der Waals surface area (Å²) in [4.78, 5) is 0. The highest BCUT2D eigenvalue weighted by Crippen LogP contribution is 2.31. The van der Waals surface area contributed by atoms with Gasteiger partial charge in [-0.05, 0) is 49.4 Å². The van der Waals surface area contributed by atoms with Crippen molar-refractivity contribution >= 4 is 11.3 Å². The van der Waals surface area contributed by atoms with E-state index in [2.05, 4.69) is 15.3 Å². The summed E-state index contributed by atoms with van der Waals surface area (Å²) in [7, 11) is 0. The summed E-state index contributed by atoms with van der Waals surface area (Å²) in [5, 5.41) is 12.5. The lowest BCUT2D eigenvalue weighted by Gasteiger charge is -2.13. The number of hydrogen-bond acceptors (Lipinski definition) is 5. The van der Waals surface area contributed by atoms with Gasteiger partial charge in [0.1, 0.15) is 24.0 Å². The Morgan fingerprint density at radius 3 is 2.70 bits per heavy atom. The van der Waals surface area contributed by atoms with Crippen LogP contribution in [-0.2, 0) is 6.61 Å². The van der Waals surface area contributed by atoms with Crippen molar-refractivity contribution in [1.29, 1.82) is 0 Å². The fourth-order valence-electron chi connectivity index (χ4n) is 2.71. The van der Waals surface area contributed by atoms with Crippen LogP contribution in [0.5, 0.6) is 5.75 Å². The fourth-order valence-corrected chi connectivity index (χ4v) is 2.71. The van der Waals surface area contributed by atoms with E-state index in [1.807, 2.05) is 0 Å². The van der Waals surface area contributed by atoms with Gasteiger partial charge in [-0.15, -0.1) is 10.2 Å². The van der Waals surface area contributed by atoms with Crippen LogP contribution in [0.4, 0.5) is 14.5 Å². The Morgan fingerprint density at radius 1 is 1.04 bits per heavy atom. The predicted molar refractivity (Wildman–Crippen MR) is 96.1 cm³/mol. The third-order valence-electron chi connectivity index (χ3n) is 4.10. The molecule has 0 aliphatic heterocycles. The van der Waals surface area contributed by atoms with E-state index in [1.165, 1.54) is 12.1 Å². The molecule has 0 atom stereocenters. The van der Waals surface area contributed by atoms with Crippen LogP contribution in [0.3, 0.4) is 0 Å². The molecule has 0 bridgehead atoms. The van der Waals surface area contributed by atoms with Crippen molar-refractivity contribution in [1.82, 2.24) is 19.8 Å². The van der Waals surface area contributed by atoms with Crippen molar-refractivity contribution in [3.8, 4) is 17.0 Å². The number of benzene rings is 2. The molecule has 0 aliphatic rings. The number of aromatic nitrogens is 4. The van der Waals surface area contributed by atoms with Gasteiger partial charge in [-0.1, -0.05) is 0 Å². The number of ether oxygens (including phenoxy) is 1. The molecular formula is C19H15F2N5O. The molecule has 2 aromatic carbocycles. The summed E-state index contributed by atoms with van der Waals surface area (Å²) in [5.41, 5.74) is 8.57. The number of nitrogen functional groups attached to an aromatic ring is 1. The van der Waals surface area contributed by atoms with Crippen LogP contribution in [0.1, 0.15) is 11.4 Å². The van der Waals surface area contributed by atoms with Gasteiger partial charge in [0.05, 0.1) is 5.69 Å². The van der Waals surface area contributed by atoms with Crippen molar-refractivity contribution in [2.45, 2.75) is 13.5 Å². The molecule has 4 aromatic rings. The highest BCUT2D eigenvalue weighted by Gasteiger charge is 2.13. The zero-order chi connectivity index (χ0) is 19.0. The van der Waals surface area contributed by atoms with Gasteiger partial charge >= 0.3 is 0 Å². The SMILES string of the molecule is Cc1nnc2ccc(-c3cc(N)ccc3OCc3ccc(F)cc3F)nn12. The minimum absolute atomic E-state index is 0.0586. The van der Waals surface area contributed by atoms with E-state index in [-0.39, 0.29) is 12.2 Å². The molecule has 136 valence electrons. The van der Waals surface area contributed by atoms with Crippen LogP contribution in [0.2, 0.25) is 0 Å². The van der Waals surface area contributed by atoms with Crippen molar-refractivity contribution in [3.63, 3.8) is 0 Å². The molecule has 6 nitrogen and oxygen atoms in total. The summed E-state index contributed by atoms with van der Waals surface area (Å²) in [5.74, 6) is -0.171. The van der Waals surface area contributed by atoms with E-state index in [0.29, 0.717) is 34.2 Å². The van der Waals surface area contributed by atoms with Gasteiger partial charge in [0.25, 0.3) is 0 Å². The number of nitrogens with zero attached hydrogens (tertiary/aromatic N) is 4. The summed E-state index contributed by atoms with van der Waals surface area (Å²) >= 11 is 0. The molecule has 2 aromatic heterocycles. The second-order valence-electron chi connectivity index (χ2n) is 6.02. The summed E-state index contributed by atoms with van der Waals surface area (Å²) in [6.45, 7) is 1.74. The molecule has 0 saturated carbocycles. The van der Waals surface area contributed by atoms with Gasteiger partial charge in [0.2, 0.25) is 0 Å². The number of rotatable bonds is 4. The zero-order valence-corrected chi connectivity index (χ0v) is 14.4. The molecule has 0 unspecified atom stereocenters. The first-order chi connectivity index (χ1) is 13.0. The Balaban J connectivity index is 1.70.